The number of carbonyl (C=O) groups excluding carboxylic acids is 2. The molecule has 1 heterocycles. The van der Waals surface area contributed by atoms with Gasteiger partial charge in [0.15, 0.2) is 0 Å². The maximum atomic E-state index is 12.2. The lowest BCUT2D eigenvalue weighted by Gasteiger charge is -2.10. The van der Waals surface area contributed by atoms with Crippen LogP contribution in [0.3, 0.4) is 0 Å². The lowest BCUT2D eigenvalue weighted by molar-refractivity contribution is -0.114. The van der Waals surface area contributed by atoms with Gasteiger partial charge in [-0.05, 0) is 59.2 Å². The maximum Gasteiger partial charge on any atom is 0.249 e. The van der Waals surface area contributed by atoms with E-state index in [1.165, 1.54) is 6.92 Å². The monoisotopic (exact) mass is 432 g/mol. The Morgan fingerprint density at radius 1 is 0.909 bits per heavy atom. The highest BCUT2D eigenvalue weighted by Gasteiger charge is 2.17. The molecule has 0 spiro atoms. The van der Waals surface area contributed by atoms with Crippen LogP contribution in [0.1, 0.15) is 22.8 Å². The minimum absolute atomic E-state index is 0.104. The molecule has 5 nitrogen and oxygen atoms in total. The fourth-order valence-corrected chi connectivity index (χ4v) is 4.31. The third kappa shape index (κ3) is 3.85. The van der Waals surface area contributed by atoms with Gasteiger partial charge in [0.2, 0.25) is 11.8 Å². The normalized spacial score (nSPS) is 11.1. The zero-order valence-corrected chi connectivity index (χ0v) is 18.1. The van der Waals surface area contributed by atoms with E-state index < -0.39 is 5.91 Å². The number of nitrogens with zero attached hydrogens (tertiary/aromatic N) is 1. The summed E-state index contributed by atoms with van der Waals surface area (Å²) < 4.78 is 2.19. The smallest absolute Gasteiger partial charge is 0.249 e. The Kier molecular flexibility index (Phi) is 5.15. The number of anilines is 1. The summed E-state index contributed by atoms with van der Waals surface area (Å²) in [5.41, 5.74) is 12.1. The standard InChI is InChI=1S/C28H22N3O2/c1-18(32)30-22-13-10-19(11-14-22)17-31-25-9-5-8-24(28(29)33)27(25)23-15-12-21(16-26(23)31)20-6-3-2-4-7-20/h2-14,16H,17H2,1H3,(H2,29,33)(H,30,32). The Labute approximate surface area is 191 Å². The molecule has 2 amide bonds. The van der Waals surface area contributed by atoms with E-state index in [9.17, 15) is 9.59 Å². The summed E-state index contributed by atoms with van der Waals surface area (Å²) in [6.07, 6.45) is 0. The molecule has 5 heteroatoms. The van der Waals surface area contributed by atoms with Gasteiger partial charge < -0.3 is 15.6 Å². The van der Waals surface area contributed by atoms with Crippen LogP contribution in [0.25, 0.3) is 32.9 Å². The number of primary amides is 1. The average Bonchev–Trinajstić information content (AvgIpc) is 3.13. The highest BCUT2D eigenvalue weighted by molar-refractivity contribution is 6.18. The summed E-state index contributed by atoms with van der Waals surface area (Å²) in [5.74, 6) is -0.562. The Morgan fingerprint density at radius 2 is 1.67 bits per heavy atom. The molecule has 0 bridgehead atoms. The van der Waals surface area contributed by atoms with Gasteiger partial charge in [-0.1, -0.05) is 48.5 Å². The largest absolute Gasteiger partial charge is 0.366 e. The van der Waals surface area contributed by atoms with E-state index in [0.29, 0.717) is 12.1 Å². The van der Waals surface area contributed by atoms with Crippen LogP contribution in [0.5, 0.6) is 0 Å². The fourth-order valence-electron chi connectivity index (χ4n) is 4.31. The van der Waals surface area contributed by atoms with E-state index in [0.717, 1.165) is 44.2 Å². The Balaban J connectivity index is 1.70. The summed E-state index contributed by atoms with van der Waals surface area (Å²) in [5, 5.41) is 4.48. The molecule has 0 aliphatic heterocycles. The molecule has 4 aromatic carbocycles. The maximum absolute atomic E-state index is 12.2. The summed E-state index contributed by atoms with van der Waals surface area (Å²) in [7, 11) is 0. The van der Waals surface area contributed by atoms with Crippen molar-refractivity contribution in [2.45, 2.75) is 13.5 Å². The second kappa shape index (κ2) is 8.28. The van der Waals surface area contributed by atoms with Crippen LogP contribution in [0, 0.1) is 6.07 Å². The molecular weight excluding hydrogens is 410 g/mol. The molecule has 0 saturated heterocycles. The van der Waals surface area contributed by atoms with Gasteiger partial charge >= 0.3 is 0 Å². The van der Waals surface area contributed by atoms with E-state index in [1.54, 1.807) is 6.07 Å². The van der Waals surface area contributed by atoms with Crippen LogP contribution in [0.2, 0.25) is 0 Å². The van der Waals surface area contributed by atoms with Gasteiger partial charge in [-0.3, -0.25) is 9.59 Å². The summed E-state index contributed by atoms with van der Waals surface area (Å²) in [6, 6.07) is 31.0. The van der Waals surface area contributed by atoms with Gasteiger partial charge in [0, 0.05) is 35.5 Å². The van der Waals surface area contributed by atoms with Crippen molar-refractivity contribution in [2.75, 3.05) is 5.32 Å². The van der Waals surface area contributed by atoms with Crippen LogP contribution < -0.4 is 11.1 Å². The molecular formula is C28H22N3O2. The zero-order valence-electron chi connectivity index (χ0n) is 18.1. The molecule has 5 rings (SSSR count). The van der Waals surface area contributed by atoms with Crippen molar-refractivity contribution in [2.24, 2.45) is 5.73 Å². The molecule has 161 valence electrons. The van der Waals surface area contributed by atoms with Crippen LogP contribution in [-0.2, 0) is 11.3 Å². The van der Waals surface area contributed by atoms with Crippen molar-refractivity contribution in [1.82, 2.24) is 4.57 Å². The van der Waals surface area contributed by atoms with E-state index >= 15 is 0 Å². The van der Waals surface area contributed by atoms with E-state index in [-0.39, 0.29) is 5.91 Å². The molecule has 0 fully saturated rings. The second-order valence-electron chi connectivity index (χ2n) is 8.04. The molecule has 3 N–H and O–H groups in total. The number of rotatable bonds is 5. The van der Waals surface area contributed by atoms with Crippen LogP contribution in [-0.4, -0.2) is 16.4 Å². The number of carbonyl (C=O) groups is 2. The first-order valence-corrected chi connectivity index (χ1v) is 10.7. The number of nitrogens with two attached hydrogens (primary N) is 1. The first-order valence-electron chi connectivity index (χ1n) is 10.7. The second-order valence-corrected chi connectivity index (χ2v) is 8.04. The van der Waals surface area contributed by atoms with Crippen molar-refractivity contribution < 1.29 is 9.59 Å². The lowest BCUT2D eigenvalue weighted by Crippen LogP contribution is -2.11. The highest BCUT2D eigenvalue weighted by atomic mass is 16.1. The highest BCUT2D eigenvalue weighted by Crippen LogP contribution is 2.34. The predicted octanol–water partition coefficient (Wildman–Crippen LogP) is 5.37. The van der Waals surface area contributed by atoms with Gasteiger partial charge in [-0.15, -0.1) is 0 Å². The molecule has 0 saturated carbocycles. The molecule has 1 aromatic heterocycles. The molecule has 0 unspecified atom stereocenters. The van der Waals surface area contributed by atoms with Crippen molar-refractivity contribution in [3.63, 3.8) is 0 Å². The topological polar surface area (TPSA) is 77.1 Å². The van der Waals surface area contributed by atoms with Crippen LogP contribution in [0.15, 0.2) is 84.9 Å². The van der Waals surface area contributed by atoms with E-state index in [2.05, 4.69) is 34.1 Å². The lowest BCUT2D eigenvalue weighted by atomic mass is 10.0. The summed E-state index contributed by atoms with van der Waals surface area (Å²) in [4.78, 5) is 23.5. The van der Waals surface area contributed by atoms with Crippen molar-refractivity contribution in [3.05, 3.63) is 102 Å². The van der Waals surface area contributed by atoms with Gasteiger partial charge in [-0.25, -0.2) is 0 Å². The Hall–Kier alpha value is -4.38. The van der Waals surface area contributed by atoms with Gasteiger partial charge in [0.1, 0.15) is 0 Å². The number of amides is 2. The Bertz CT molecular complexity index is 1500. The number of benzene rings is 4. The molecule has 33 heavy (non-hydrogen) atoms. The predicted molar refractivity (Wildman–Crippen MR) is 132 cm³/mol. The molecule has 0 atom stereocenters. The molecule has 0 aliphatic carbocycles. The molecule has 5 aromatic rings. The van der Waals surface area contributed by atoms with E-state index in [1.807, 2.05) is 60.7 Å². The van der Waals surface area contributed by atoms with Crippen LogP contribution in [0.4, 0.5) is 5.69 Å². The van der Waals surface area contributed by atoms with Crippen LogP contribution >= 0.6 is 0 Å². The number of hydrogen-bond donors (Lipinski definition) is 2. The quantitative estimate of drug-likeness (QED) is 0.392. The fraction of sp³-hybridized carbons (Fsp3) is 0.0714. The summed E-state index contributed by atoms with van der Waals surface area (Å²) in [6.45, 7) is 2.08. The minimum Gasteiger partial charge on any atom is -0.366 e. The minimum atomic E-state index is -0.458. The number of hydrogen-bond acceptors (Lipinski definition) is 2. The Morgan fingerprint density at radius 3 is 2.36 bits per heavy atom. The average molecular weight is 433 g/mol. The third-order valence-corrected chi connectivity index (χ3v) is 5.78. The molecule has 1 radical (unpaired) electrons. The van der Waals surface area contributed by atoms with E-state index in [4.69, 9.17) is 5.73 Å². The zero-order chi connectivity index (χ0) is 22.9. The molecule has 0 aliphatic rings. The first-order chi connectivity index (χ1) is 16.0. The number of fused-ring (bicyclic) bond motifs is 3. The number of nitrogens with one attached hydrogen (secondary N) is 1. The third-order valence-electron chi connectivity index (χ3n) is 5.78. The van der Waals surface area contributed by atoms with Crippen molar-refractivity contribution >= 4 is 39.3 Å². The van der Waals surface area contributed by atoms with Gasteiger partial charge in [0.05, 0.1) is 11.0 Å². The van der Waals surface area contributed by atoms with Crippen molar-refractivity contribution in [1.29, 1.82) is 0 Å². The number of aromatic nitrogens is 1. The van der Waals surface area contributed by atoms with Crippen molar-refractivity contribution in [3.8, 4) is 11.1 Å². The van der Waals surface area contributed by atoms with Gasteiger partial charge in [0.25, 0.3) is 0 Å². The summed E-state index contributed by atoms with van der Waals surface area (Å²) >= 11 is 0. The SMILES string of the molecule is CC(=O)Nc1ccc(Cn2c3cc(-c4ccccc4)c[c]c3c3c(C(N)=O)cccc32)cc1. The first kappa shape index (κ1) is 20.5. The van der Waals surface area contributed by atoms with Gasteiger partial charge in [-0.2, -0.15) is 0 Å².